The molecule has 0 radical (unpaired) electrons. The smallest absolute Gasteiger partial charge is 0.196 e. The van der Waals surface area contributed by atoms with Gasteiger partial charge in [-0.15, -0.1) is 0 Å². The van der Waals surface area contributed by atoms with Gasteiger partial charge in [-0.05, 0) is 20.8 Å². The van der Waals surface area contributed by atoms with E-state index in [9.17, 15) is 30.3 Å². The summed E-state index contributed by atoms with van der Waals surface area (Å²) in [4.78, 5) is 12.4. The van der Waals surface area contributed by atoms with Crippen LogP contribution in [0.1, 0.15) is 25.2 Å². The topological polar surface area (TPSA) is 159 Å². The lowest BCUT2D eigenvalue weighted by atomic mass is 9.89. The number of phenolic OH excluding ortho intramolecular Hbond substituents is 1. The van der Waals surface area contributed by atoms with Gasteiger partial charge in [0.15, 0.2) is 11.7 Å². The molecule has 2 aliphatic heterocycles. The van der Waals surface area contributed by atoms with Crippen molar-refractivity contribution in [3.05, 3.63) is 33.7 Å². The molecule has 1 fully saturated rings. The molecular weight excluding hydrogens is 412 g/mol. The summed E-state index contributed by atoms with van der Waals surface area (Å²) in [6, 6.07) is 2.83. The number of aliphatic hydroxyl groups excluding tert-OH is 4. The molecule has 0 amide bonds. The van der Waals surface area contributed by atoms with Gasteiger partial charge in [-0.2, -0.15) is 0 Å². The summed E-state index contributed by atoms with van der Waals surface area (Å²) in [5, 5.41) is 50.4. The summed E-state index contributed by atoms with van der Waals surface area (Å²) < 4.78 is 22.9. The van der Waals surface area contributed by atoms with Gasteiger partial charge in [0.2, 0.25) is 0 Å². The number of ether oxygens (including phenoxy) is 3. The first-order valence-electron chi connectivity index (χ1n) is 9.97. The number of phenols is 1. The van der Waals surface area contributed by atoms with Gasteiger partial charge in [-0.1, -0.05) is 0 Å². The third-order valence-corrected chi connectivity index (χ3v) is 5.87. The van der Waals surface area contributed by atoms with Gasteiger partial charge in [0.1, 0.15) is 64.3 Å². The fourth-order valence-corrected chi connectivity index (χ4v) is 4.06. The molecule has 1 saturated heterocycles. The number of fused-ring (bicyclic) bond motifs is 2. The second-order valence-corrected chi connectivity index (χ2v) is 8.53. The predicted molar refractivity (Wildman–Crippen MR) is 106 cm³/mol. The van der Waals surface area contributed by atoms with Crippen LogP contribution in [0.4, 0.5) is 0 Å². The second kappa shape index (κ2) is 7.73. The Balaban J connectivity index is 1.68. The van der Waals surface area contributed by atoms with Crippen LogP contribution in [0.3, 0.4) is 0 Å². The maximum atomic E-state index is 12.4. The minimum atomic E-state index is -1.58. The number of hydrogen-bond acceptors (Lipinski definition) is 10. The van der Waals surface area contributed by atoms with E-state index < -0.39 is 54.4 Å². The molecule has 1 aromatic carbocycles. The van der Waals surface area contributed by atoms with Crippen molar-refractivity contribution in [2.45, 2.75) is 69.6 Å². The van der Waals surface area contributed by atoms with E-state index in [4.69, 9.17) is 18.6 Å². The summed E-state index contributed by atoms with van der Waals surface area (Å²) >= 11 is 0. The van der Waals surface area contributed by atoms with Gasteiger partial charge in [-0.3, -0.25) is 4.79 Å². The zero-order valence-electron chi connectivity index (χ0n) is 17.3. The van der Waals surface area contributed by atoms with Gasteiger partial charge < -0.3 is 44.2 Å². The predicted octanol–water partition coefficient (Wildman–Crippen LogP) is -0.294. The van der Waals surface area contributed by atoms with Crippen molar-refractivity contribution in [3.63, 3.8) is 0 Å². The normalized spacial score (nSPS) is 32.5. The third kappa shape index (κ3) is 3.69. The van der Waals surface area contributed by atoms with E-state index >= 15 is 0 Å². The van der Waals surface area contributed by atoms with Gasteiger partial charge in [0.25, 0.3) is 0 Å². The lowest BCUT2D eigenvalue weighted by molar-refractivity contribution is -0.321. The minimum Gasteiger partial charge on any atom is -0.507 e. The van der Waals surface area contributed by atoms with Crippen LogP contribution in [-0.2, 0) is 15.9 Å². The molecule has 1 aromatic heterocycles. The average molecular weight is 438 g/mol. The molecule has 4 rings (SSSR count). The van der Waals surface area contributed by atoms with Crippen LogP contribution in [-0.4, -0.2) is 74.6 Å². The van der Waals surface area contributed by atoms with E-state index in [0.29, 0.717) is 17.1 Å². The van der Waals surface area contributed by atoms with Crippen molar-refractivity contribution in [1.82, 2.24) is 0 Å². The Labute approximate surface area is 177 Å². The van der Waals surface area contributed by atoms with Crippen molar-refractivity contribution < 1.29 is 44.2 Å². The molecule has 6 atom stereocenters. The van der Waals surface area contributed by atoms with E-state index in [0.717, 1.165) is 0 Å². The lowest BCUT2D eigenvalue weighted by Gasteiger charge is -2.45. The van der Waals surface area contributed by atoms with Gasteiger partial charge in [0, 0.05) is 24.1 Å². The summed E-state index contributed by atoms with van der Waals surface area (Å²) in [7, 11) is 0. The Kier molecular flexibility index (Phi) is 5.49. The van der Waals surface area contributed by atoms with E-state index in [1.165, 1.54) is 6.07 Å². The van der Waals surface area contributed by atoms with Crippen LogP contribution < -0.4 is 10.2 Å². The first-order valence-corrected chi connectivity index (χ1v) is 9.97. The molecule has 10 nitrogen and oxygen atoms in total. The van der Waals surface area contributed by atoms with Crippen molar-refractivity contribution in [1.29, 1.82) is 0 Å². The molecular formula is C21H26O10. The minimum absolute atomic E-state index is 0.0271. The van der Waals surface area contributed by atoms with E-state index in [-0.39, 0.29) is 23.1 Å². The van der Waals surface area contributed by atoms with Crippen LogP contribution in [0.15, 0.2) is 21.3 Å². The standard InChI is InChI=1S/C21H26O10/c1-8-4-10(23)15-12(28-8)6-11-9(16(15)24)5-14(21(2,3)31-11)30-20-19(27)18(26)17(25)13(7-22)29-20/h4,6,13-14,17-20,22,24-27H,5,7H2,1-3H3/t13-,14+,17-,18-,19-,20-/m1/s1. The van der Waals surface area contributed by atoms with E-state index in [2.05, 4.69) is 0 Å². The monoisotopic (exact) mass is 438 g/mol. The Hall–Kier alpha value is -2.21. The first-order chi connectivity index (χ1) is 14.5. The highest BCUT2D eigenvalue weighted by molar-refractivity contribution is 5.87. The third-order valence-electron chi connectivity index (χ3n) is 5.87. The van der Waals surface area contributed by atoms with Gasteiger partial charge >= 0.3 is 0 Å². The van der Waals surface area contributed by atoms with Gasteiger partial charge in [-0.25, -0.2) is 0 Å². The number of aromatic hydroxyl groups is 1. The van der Waals surface area contributed by atoms with Crippen molar-refractivity contribution in [2.24, 2.45) is 0 Å². The Morgan fingerprint density at radius 1 is 1.16 bits per heavy atom. The highest BCUT2D eigenvalue weighted by atomic mass is 16.7. The molecule has 170 valence electrons. The van der Waals surface area contributed by atoms with E-state index in [1.807, 2.05) is 0 Å². The Morgan fingerprint density at radius 2 is 1.87 bits per heavy atom. The van der Waals surface area contributed by atoms with E-state index in [1.54, 1.807) is 26.8 Å². The molecule has 31 heavy (non-hydrogen) atoms. The fraction of sp³-hybridized carbons (Fsp3) is 0.571. The van der Waals surface area contributed by atoms with Crippen LogP contribution in [0.25, 0.3) is 11.0 Å². The lowest BCUT2D eigenvalue weighted by Crippen LogP contribution is -2.61. The van der Waals surface area contributed by atoms with Crippen LogP contribution in [0.2, 0.25) is 0 Å². The first kappa shape index (κ1) is 22.0. The molecule has 2 aliphatic rings. The number of rotatable bonds is 3. The SMILES string of the molecule is Cc1cc(=O)c2c(O)c3c(cc2o1)OC(C)(C)[C@@H](O[C@H]1O[C@H](CO)[C@@H](O)[C@@H](O)[C@H]1O)C3. The highest BCUT2D eigenvalue weighted by Crippen LogP contribution is 2.43. The Morgan fingerprint density at radius 3 is 2.55 bits per heavy atom. The molecule has 10 heteroatoms. The van der Waals surface area contributed by atoms with Crippen molar-refractivity contribution in [2.75, 3.05) is 6.61 Å². The maximum absolute atomic E-state index is 12.4. The number of hydrogen-bond donors (Lipinski definition) is 5. The number of aryl methyl sites for hydroxylation is 1. The number of benzene rings is 1. The van der Waals surface area contributed by atoms with Crippen LogP contribution in [0, 0.1) is 6.92 Å². The molecule has 0 bridgehead atoms. The quantitative estimate of drug-likeness (QED) is 0.431. The fourth-order valence-electron chi connectivity index (χ4n) is 4.06. The molecule has 3 heterocycles. The highest BCUT2D eigenvalue weighted by Gasteiger charge is 2.48. The van der Waals surface area contributed by atoms with Gasteiger partial charge in [0.05, 0.1) is 6.61 Å². The van der Waals surface area contributed by atoms with Crippen molar-refractivity contribution in [3.8, 4) is 11.5 Å². The summed E-state index contributed by atoms with van der Waals surface area (Å²) in [5.74, 6) is 0.451. The average Bonchev–Trinajstić information content (AvgIpc) is 2.68. The summed E-state index contributed by atoms with van der Waals surface area (Å²) in [6.45, 7) is 4.52. The Bertz CT molecular complexity index is 1040. The van der Waals surface area contributed by atoms with Crippen LogP contribution in [0.5, 0.6) is 11.5 Å². The largest absolute Gasteiger partial charge is 0.507 e. The molecule has 2 aromatic rings. The van der Waals surface area contributed by atoms with Crippen molar-refractivity contribution >= 4 is 11.0 Å². The summed E-state index contributed by atoms with van der Waals surface area (Å²) in [5.41, 5.74) is -0.825. The van der Waals surface area contributed by atoms with Crippen LogP contribution >= 0.6 is 0 Å². The number of aliphatic hydroxyl groups is 4. The maximum Gasteiger partial charge on any atom is 0.196 e. The zero-order valence-corrected chi connectivity index (χ0v) is 17.3. The molecule has 0 saturated carbocycles. The molecule has 0 spiro atoms. The zero-order chi connectivity index (χ0) is 22.7. The molecule has 0 unspecified atom stereocenters. The molecule has 5 N–H and O–H groups in total. The summed E-state index contributed by atoms with van der Waals surface area (Å²) in [6.07, 6.45) is -7.81. The molecule has 0 aliphatic carbocycles. The second-order valence-electron chi connectivity index (χ2n) is 8.53.